The molecule has 144 valence electrons. The maximum absolute atomic E-state index is 12.9. The normalized spacial score (nSPS) is 21.4. The van der Waals surface area contributed by atoms with Crippen LogP contribution in [0.15, 0.2) is 29.7 Å². The van der Waals surface area contributed by atoms with Gasteiger partial charge in [0.15, 0.2) is 0 Å². The SMILES string of the molecule is Cn1cc(C2CN(S(=O)(=O)c3cnn(CC(F)(F)F)c3)CC2(C)C)cn1. The maximum atomic E-state index is 12.9. The van der Waals surface area contributed by atoms with Crippen LogP contribution in [0.25, 0.3) is 0 Å². The monoisotopic (exact) mass is 391 g/mol. The molecule has 0 aromatic carbocycles. The van der Waals surface area contributed by atoms with Gasteiger partial charge in [-0.25, -0.2) is 8.42 Å². The summed E-state index contributed by atoms with van der Waals surface area (Å²) in [4.78, 5) is -0.232. The molecule has 3 rings (SSSR count). The minimum Gasteiger partial charge on any atom is -0.276 e. The average molecular weight is 391 g/mol. The number of aromatic nitrogens is 4. The third kappa shape index (κ3) is 3.63. The zero-order valence-corrected chi connectivity index (χ0v) is 15.4. The first-order chi connectivity index (χ1) is 11.9. The van der Waals surface area contributed by atoms with Gasteiger partial charge in [0.1, 0.15) is 11.4 Å². The van der Waals surface area contributed by atoms with Gasteiger partial charge in [0.2, 0.25) is 10.0 Å². The Morgan fingerprint density at radius 2 is 1.92 bits per heavy atom. The van der Waals surface area contributed by atoms with Gasteiger partial charge in [-0.3, -0.25) is 9.36 Å². The van der Waals surface area contributed by atoms with Gasteiger partial charge in [0.05, 0.1) is 12.4 Å². The number of nitrogens with zero attached hydrogens (tertiary/aromatic N) is 5. The van der Waals surface area contributed by atoms with E-state index in [1.54, 1.807) is 17.9 Å². The molecule has 0 N–H and O–H groups in total. The highest BCUT2D eigenvalue weighted by Gasteiger charge is 2.45. The molecule has 1 saturated heterocycles. The Morgan fingerprint density at radius 3 is 2.50 bits per heavy atom. The molecule has 1 atom stereocenters. The van der Waals surface area contributed by atoms with Crippen LogP contribution in [-0.2, 0) is 23.6 Å². The van der Waals surface area contributed by atoms with Gasteiger partial charge in [0.25, 0.3) is 0 Å². The molecule has 0 amide bonds. The molecular weight excluding hydrogens is 371 g/mol. The predicted molar refractivity (Wildman–Crippen MR) is 86.8 cm³/mol. The minimum atomic E-state index is -4.46. The van der Waals surface area contributed by atoms with Crippen molar-refractivity contribution in [2.45, 2.75) is 37.4 Å². The molecule has 1 fully saturated rings. The van der Waals surface area contributed by atoms with Crippen molar-refractivity contribution in [1.82, 2.24) is 23.9 Å². The molecule has 1 aliphatic heterocycles. The summed E-state index contributed by atoms with van der Waals surface area (Å²) >= 11 is 0. The van der Waals surface area contributed by atoms with Crippen molar-refractivity contribution >= 4 is 10.0 Å². The first-order valence-electron chi connectivity index (χ1n) is 7.96. The summed E-state index contributed by atoms with van der Waals surface area (Å²) in [5, 5.41) is 7.67. The van der Waals surface area contributed by atoms with E-state index >= 15 is 0 Å². The van der Waals surface area contributed by atoms with Gasteiger partial charge in [-0.2, -0.15) is 27.7 Å². The number of hydrogen-bond donors (Lipinski definition) is 0. The summed E-state index contributed by atoms with van der Waals surface area (Å²) in [7, 11) is -2.14. The highest BCUT2D eigenvalue weighted by atomic mass is 32.2. The smallest absolute Gasteiger partial charge is 0.276 e. The lowest BCUT2D eigenvalue weighted by Crippen LogP contribution is -2.30. The number of alkyl halides is 3. The standard InChI is InChI=1S/C15H20F3N5O2S/c1-14(2)9-23(8-13(14)11-4-19-21(3)6-11)26(24,25)12-5-20-22(7-12)10-15(16,17)18/h4-7,13H,8-10H2,1-3H3. The quantitative estimate of drug-likeness (QED) is 0.799. The van der Waals surface area contributed by atoms with Gasteiger partial charge >= 0.3 is 6.18 Å². The molecule has 0 spiro atoms. The number of rotatable bonds is 4. The molecule has 7 nitrogen and oxygen atoms in total. The second-order valence-corrected chi connectivity index (χ2v) is 9.21. The fourth-order valence-electron chi connectivity index (χ4n) is 3.34. The van der Waals surface area contributed by atoms with E-state index in [1.165, 1.54) is 4.31 Å². The lowest BCUT2D eigenvalue weighted by Gasteiger charge is -2.24. The number of halogens is 3. The Kier molecular flexibility index (Phi) is 4.42. The molecular formula is C15H20F3N5O2S. The van der Waals surface area contributed by atoms with E-state index in [1.807, 2.05) is 20.0 Å². The van der Waals surface area contributed by atoms with E-state index in [4.69, 9.17) is 0 Å². The molecule has 0 radical (unpaired) electrons. The Hall–Kier alpha value is -1.88. The zero-order chi connectivity index (χ0) is 19.3. The van der Waals surface area contributed by atoms with Crippen LogP contribution in [0.5, 0.6) is 0 Å². The second-order valence-electron chi connectivity index (χ2n) is 7.27. The third-order valence-electron chi connectivity index (χ3n) is 4.63. The van der Waals surface area contributed by atoms with E-state index in [9.17, 15) is 21.6 Å². The van der Waals surface area contributed by atoms with Crippen LogP contribution in [0.2, 0.25) is 0 Å². The number of hydrogen-bond acceptors (Lipinski definition) is 4. The van der Waals surface area contributed by atoms with Gasteiger partial charge in [-0.1, -0.05) is 13.8 Å². The molecule has 26 heavy (non-hydrogen) atoms. The van der Waals surface area contributed by atoms with Crippen molar-refractivity contribution < 1.29 is 21.6 Å². The molecule has 0 bridgehead atoms. The molecule has 1 unspecified atom stereocenters. The molecule has 0 saturated carbocycles. The maximum Gasteiger partial charge on any atom is 0.408 e. The molecule has 2 aromatic rings. The lowest BCUT2D eigenvalue weighted by atomic mass is 9.79. The third-order valence-corrected chi connectivity index (χ3v) is 6.39. The Bertz CT molecular complexity index is 901. The van der Waals surface area contributed by atoms with E-state index < -0.39 is 22.7 Å². The van der Waals surface area contributed by atoms with Crippen LogP contribution in [0.1, 0.15) is 25.3 Å². The topological polar surface area (TPSA) is 73.0 Å². The largest absolute Gasteiger partial charge is 0.408 e. The Morgan fingerprint density at radius 1 is 1.23 bits per heavy atom. The van der Waals surface area contributed by atoms with Crippen molar-refractivity contribution in [2.75, 3.05) is 13.1 Å². The van der Waals surface area contributed by atoms with E-state index in [0.29, 0.717) is 4.68 Å². The van der Waals surface area contributed by atoms with Gasteiger partial charge in [0, 0.05) is 38.4 Å². The van der Waals surface area contributed by atoms with Gasteiger partial charge in [-0.15, -0.1) is 0 Å². The van der Waals surface area contributed by atoms with Crippen molar-refractivity contribution in [3.8, 4) is 0 Å². The van der Waals surface area contributed by atoms with Crippen LogP contribution >= 0.6 is 0 Å². The molecule has 11 heteroatoms. The van der Waals surface area contributed by atoms with Gasteiger partial charge < -0.3 is 0 Å². The molecule has 1 aliphatic rings. The Labute approximate surface area is 149 Å². The minimum absolute atomic E-state index is 0.0591. The van der Waals surface area contributed by atoms with Crippen molar-refractivity contribution in [3.05, 3.63) is 30.4 Å². The number of aryl methyl sites for hydroxylation is 1. The summed E-state index contributed by atoms with van der Waals surface area (Å²) in [6.45, 7) is 3.11. The van der Waals surface area contributed by atoms with Crippen molar-refractivity contribution in [2.24, 2.45) is 12.5 Å². The van der Waals surface area contributed by atoms with E-state index in [2.05, 4.69) is 10.2 Å². The first kappa shape index (κ1) is 18.9. The first-order valence-corrected chi connectivity index (χ1v) is 9.40. The summed E-state index contributed by atoms with van der Waals surface area (Å²) in [6, 6.07) is 0. The molecule has 3 heterocycles. The highest BCUT2D eigenvalue weighted by Crippen LogP contribution is 2.43. The van der Waals surface area contributed by atoms with E-state index in [0.717, 1.165) is 18.0 Å². The summed E-state index contributed by atoms with van der Waals surface area (Å²) in [6.07, 6.45) is 0.987. The zero-order valence-electron chi connectivity index (χ0n) is 14.6. The van der Waals surface area contributed by atoms with Crippen molar-refractivity contribution in [3.63, 3.8) is 0 Å². The van der Waals surface area contributed by atoms with Crippen LogP contribution in [0.3, 0.4) is 0 Å². The van der Waals surface area contributed by atoms with Crippen LogP contribution in [0, 0.1) is 5.41 Å². The van der Waals surface area contributed by atoms with Crippen LogP contribution < -0.4 is 0 Å². The Balaban J connectivity index is 1.84. The fourth-order valence-corrected chi connectivity index (χ4v) is 4.92. The van der Waals surface area contributed by atoms with Gasteiger partial charge in [-0.05, 0) is 11.0 Å². The van der Waals surface area contributed by atoms with Crippen LogP contribution in [0.4, 0.5) is 13.2 Å². The summed E-state index contributed by atoms with van der Waals surface area (Å²) < 4.78 is 66.6. The molecule has 2 aromatic heterocycles. The summed E-state index contributed by atoms with van der Waals surface area (Å²) in [5.74, 6) is -0.0591. The lowest BCUT2D eigenvalue weighted by molar-refractivity contribution is -0.142. The van der Waals surface area contributed by atoms with E-state index in [-0.39, 0.29) is 29.3 Å². The number of sulfonamides is 1. The second kappa shape index (κ2) is 6.08. The van der Waals surface area contributed by atoms with Crippen molar-refractivity contribution in [1.29, 1.82) is 0 Å². The highest BCUT2D eigenvalue weighted by molar-refractivity contribution is 7.89. The molecule has 0 aliphatic carbocycles. The average Bonchev–Trinajstić information content (AvgIpc) is 3.16. The fraction of sp³-hybridized carbons (Fsp3) is 0.600. The summed E-state index contributed by atoms with van der Waals surface area (Å²) in [5.41, 5.74) is 0.598. The predicted octanol–water partition coefficient (Wildman–Crippen LogP) is 1.99. The van der Waals surface area contributed by atoms with Crippen LogP contribution in [-0.4, -0.2) is 51.5 Å².